The standard InChI is InChI=1S/C25H28N2O6/c1-4-6-14-32-19-11-8-18(9-12-19)27-24(29)21(23(28)26-25(27)30)15-17-7-10-20(31-3)16-22(17)33-13-5-2/h7-12,15-16H,4-6,13-14H2,1-3H3,(H,26,28,30)/b21-15-. The number of urea groups is 1. The molecular weight excluding hydrogens is 424 g/mol. The lowest BCUT2D eigenvalue weighted by Crippen LogP contribution is -2.54. The summed E-state index contributed by atoms with van der Waals surface area (Å²) in [7, 11) is 1.54. The van der Waals surface area contributed by atoms with Crippen LogP contribution in [-0.4, -0.2) is 38.2 Å². The van der Waals surface area contributed by atoms with Gasteiger partial charge in [0.1, 0.15) is 22.8 Å². The summed E-state index contributed by atoms with van der Waals surface area (Å²) < 4.78 is 16.6. The van der Waals surface area contributed by atoms with Crippen molar-refractivity contribution in [1.82, 2.24) is 5.32 Å². The van der Waals surface area contributed by atoms with Gasteiger partial charge in [0.05, 0.1) is 26.0 Å². The molecular formula is C25H28N2O6. The smallest absolute Gasteiger partial charge is 0.335 e. The fourth-order valence-corrected chi connectivity index (χ4v) is 3.17. The van der Waals surface area contributed by atoms with E-state index in [-0.39, 0.29) is 5.57 Å². The molecule has 1 aliphatic heterocycles. The minimum Gasteiger partial charge on any atom is -0.497 e. The predicted molar refractivity (Wildman–Crippen MR) is 125 cm³/mol. The fourth-order valence-electron chi connectivity index (χ4n) is 3.17. The van der Waals surface area contributed by atoms with Gasteiger partial charge in [-0.25, -0.2) is 9.69 Å². The maximum absolute atomic E-state index is 13.2. The van der Waals surface area contributed by atoms with Crippen molar-refractivity contribution in [1.29, 1.82) is 0 Å². The van der Waals surface area contributed by atoms with E-state index in [9.17, 15) is 14.4 Å². The Bertz CT molecular complexity index is 1050. The number of barbiturate groups is 1. The molecule has 174 valence electrons. The molecule has 2 aromatic carbocycles. The van der Waals surface area contributed by atoms with Crippen molar-refractivity contribution in [3.05, 3.63) is 53.6 Å². The molecule has 2 aromatic rings. The number of anilines is 1. The molecule has 0 saturated carbocycles. The van der Waals surface area contributed by atoms with Crippen LogP contribution in [0.5, 0.6) is 17.2 Å². The summed E-state index contributed by atoms with van der Waals surface area (Å²) in [6, 6.07) is 10.9. The highest BCUT2D eigenvalue weighted by atomic mass is 16.5. The highest BCUT2D eigenvalue weighted by molar-refractivity contribution is 6.39. The van der Waals surface area contributed by atoms with Crippen LogP contribution in [0.3, 0.4) is 0 Å². The molecule has 4 amide bonds. The maximum atomic E-state index is 13.2. The summed E-state index contributed by atoms with van der Waals surface area (Å²) in [6.07, 6.45) is 4.15. The molecule has 1 saturated heterocycles. The van der Waals surface area contributed by atoms with Gasteiger partial charge in [0.15, 0.2) is 0 Å². The Morgan fingerprint density at radius 2 is 1.64 bits per heavy atom. The molecule has 0 radical (unpaired) electrons. The van der Waals surface area contributed by atoms with Crippen molar-refractivity contribution in [2.75, 3.05) is 25.2 Å². The molecule has 0 aromatic heterocycles. The first kappa shape index (κ1) is 23.8. The number of ether oxygens (including phenoxy) is 3. The monoisotopic (exact) mass is 452 g/mol. The van der Waals surface area contributed by atoms with E-state index in [0.29, 0.717) is 41.7 Å². The topological polar surface area (TPSA) is 94.2 Å². The second-order valence-electron chi connectivity index (χ2n) is 7.41. The van der Waals surface area contributed by atoms with Gasteiger partial charge < -0.3 is 14.2 Å². The number of nitrogens with one attached hydrogen (secondary N) is 1. The van der Waals surface area contributed by atoms with E-state index in [4.69, 9.17) is 14.2 Å². The second-order valence-corrected chi connectivity index (χ2v) is 7.41. The summed E-state index contributed by atoms with van der Waals surface area (Å²) >= 11 is 0. The van der Waals surface area contributed by atoms with Crippen LogP contribution in [-0.2, 0) is 9.59 Å². The van der Waals surface area contributed by atoms with Gasteiger partial charge in [-0.3, -0.25) is 14.9 Å². The van der Waals surface area contributed by atoms with Crippen LogP contribution in [0.1, 0.15) is 38.7 Å². The van der Waals surface area contributed by atoms with Crippen molar-refractivity contribution >= 4 is 29.6 Å². The van der Waals surface area contributed by atoms with E-state index in [1.54, 1.807) is 49.6 Å². The van der Waals surface area contributed by atoms with Crippen molar-refractivity contribution < 1.29 is 28.6 Å². The van der Waals surface area contributed by atoms with E-state index >= 15 is 0 Å². The lowest BCUT2D eigenvalue weighted by Gasteiger charge is -2.26. The molecule has 0 spiro atoms. The number of carbonyl (C=O) groups is 3. The average molecular weight is 453 g/mol. The molecule has 8 nitrogen and oxygen atoms in total. The van der Waals surface area contributed by atoms with Gasteiger partial charge in [0.2, 0.25) is 0 Å². The Balaban J connectivity index is 1.90. The largest absolute Gasteiger partial charge is 0.497 e. The van der Waals surface area contributed by atoms with Crippen LogP contribution < -0.4 is 24.4 Å². The summed E-state index contributed by atoms with van der Waals surface area (Å²) in [5.41, 5.74) is 0.678. The average Bonchev–Trinajstić information content (AvgIpc) is 2.81. The molecule has 0 aliphatic carbocycles. The number of methoxy groups -OCH3 is 1. The van der Waals surface area contributed by atoms with E-state index in [0.717, 1.165) is 24.2 Å². The van der Waals surface area contributed by atoms with E-state index < -0.39 is 17.8 Å². The summed E-state index contributed by atoms with van der Waals surface area (Å²) in [5, 5.41) is 2.23. The van der Waals surface area contributed by atoms with Crippen molar-refractivity contribution in [2.45, 2.75) is 33.1 Å². The minimum absolute atomic E-state index is 0.176. The Morgan fingerprint density at radius 1 is 0.909 bits per heavy atom. The van der Waals surface area contributed by atoms with Crippen molar-refractivity contribution in [3.63, 3.8) is 0 Å². The number of benzene rings is 2. The quantitative estimate of drug-likeness (QED) is 0.328. The molecule has 1 fully saturated rings. The van der Waals surface area contributed by atoms with Crippen molar-refractivity contribution in [3.8, 4) is 17.2 Å². The van der Waals surface area contributed by atoms with Crippen LogP contribution >= 0.6 is 0 Å². The molecule has 3 rings (SSSR count). The third-order valence-corrected chi connectivity index (χ3v) is 4.95. The first-order valence-corrected chi connectivity index (χ1v) is 10.9. The Morgan fingerprint density at radius 3 is 2.30 bits per heavy atom. The number of rotatable bonds is 10. The third kappa shape index (κ3) is 5.71. The van der Waals surface area contributed by atoms with Gasteiger partial charge in [-0.15, -0.1) is 0 Å². The Hall–Kier alpha value is -3.81. The minimum atomic E-state index is -0.806. The first-order valence-electron chi connectivity index (χ1n) is 10.9. The zero-order chi connectivity index (χ0) is 23.8. The predicted octanol–water partition coefficient (Wildman–Crippen LogP) is 4.33. The van der Waals surface area contributed by atoms with Gasteiger partial charge in [-0.1, -0.05) is 20.3 Å². The number of unbranched alkanes of at least 4 members (excludes halogenated alkanes) is 1. The third-order valence-electron chi connectivity index (χ3n) is 4.95. The number of nitrogens with zero attached hydrogens (tertiary/aromatic N) is 1. The number of imide groups is 2. The highest BCUT2D eigenvalue weighted by Gasteiger charge is 2.37. The van der Waals surface area contributed by atoms with E-state index in [1.165, 1.54) is 6.08 Å². The Labute approximate surface area is 193 Å². The van der Waals surface area contributed by atoms with Crippen LogP contribution in [0.15, 0.2) is 48.0 Å². The molecule has 0 unspecified atom stereocenters. The highest BCUT2D eigenvalue weighted by Crippen LogP contribution is 2.29. The Kier molecular flexibility index (Phi) is 8.07. The van der Waals surface area contributed by atoms with Gasteiger partial charge >= 0.3 is 6.03 Å². The maximum Gasteiger partial charge on any atom is 0.335 e. The number of amides is 4. The zero-order valence-electron chi connectivity index (χ0n) is 19.1. The van der Waals surface area contributed by atoms with Gasteiger partial charge in [0, 0.05) is 11.6 Å². The second kappa shape index (κ2) is 11.2. The van der Waals surface area contributed by atoms with Crippen LogP contribution in [0.4, 0.5) is 10.5 Å². The SMILES string of the molecule is CCCCOc1ccc(N2C(=O)NC(=O)/C(=C/c3ccc(OC)cc3OCCC)C2=O)cc1. The lowest BCUT2D eigenvalue weighted by atomic mass is 10.1. The van der Waals surface area contributed by atoms with Crippen LogP contribution in [0.25, 0.3) is 6.08 Å². The molecule has 1 heterocycles. The number of carbonyl (C=O) groups excluding carboxylic acids is 3. The number of hydrogen-bond acceptors (Lipinski definition) is 6. The van der Waals surface area contributed by atoms with Crippen LogP contribution in [0.2, 0.25) is 0 Å². The first-order chi connectivity index (χ1) is 16.0. The zero-order valence-corrected chi connectivity index (χ0v) is 19.1. The van der Waals surface area contributed by atoms with Crippen LogP contribution in [0, 0.1) is 0 Å². The van der Waals surface area contributed by atoms with Gasteiger partial charge in [-0.2, -0.15) is 0 Å². The van der Waals surface area contributed by atoms with Gasteiger partial charge in [0.25, 0.3) is 11.8 Å². The van der Waals surface area contributed by atoms with Gasteiger partial charge in [-0.05, 0) is 55.3 Å². The van der Waals surface area contributed by atoms with E-state index in [2.05, 4.69) is 12.2 Å². The molecule has 8 heteroatoms. The normalized spacial score (nSPS) is 14.9. The fraction of sp³-hybridized carbons (Fsp3) is 0.320. The number of hydrogen-bond donors (Lipinski definition) is 1. The van der Waals surface area contributed by atoms with Crippen molar-refractivity contribution in [2.24, 2.45) is 0 Å². The molecule has 0 atom stereocenters. The summed E-state index contributed by atoms with van der Waals surface area (Å²) in [6.45, 7) is 5.09. The lowest BCUT2D eigenvalue weighted by molar-refractivity contribution is -0.122. The summed E-state index contributed by atoms with van der Waals surface area (Å²) in [4.78, 5) is 39.1. The van der Waals surface area contributed by atoms with E-state index in [1.807, 2.05) is 6.92 Å². The molecule has 1 N–H and O–H groups in total. The molecule has 33 heavy (non-hydrogen) atoms. The summed E-state index contributed by atoms with van der Waals surface area (Å²) in [5.74, 6) is 0.209. The molecule has 1 aliphatic rings. The molecule has 0 bridgehead atoms.